The Labute approximate surface area is 184 Å². The van der Waals surface area contributed by atoms with E-state index in [1.165, 1.54) is 16.4 Å². The number of nitrogens with zero attached hydrogens (tertiary/aromatic N) is 1. The zero-order valence-electron chi connectivity index (χ0n) is 18.4. The molecule has 0 radical (unpaired) electrons. The molecule has 0 spiro atoms. The largest absolute Gasteiger partial charge is 0.352 e. The lowest BCUT2D eigenvalue weighted by atomic mass is 9.82. The molecule has 7 heteroatoms. The van der Waals surface area contributed by atoms with E-state index in [1.807, 2.05) is 12.1 Å². The first-order valence-corrected chi connectivity index (χ1v) is 12.2. The SMILES string of the molecule is CC(C)Cc1ccc(S(=O)(=O)N2CCCC(C)(C(=O)NCc3cccc(F)c3)C2)cc1. The van der Waals surface area contributed by atoms with Crippen molar-refractivity contribution in [2.45, 2.75) is 51.5 Å². The monoisotopic (exact) mass is 446 g/mol. The van der Waals surface area contributed by atoms with Crippen molar-refractivity contribution in [3.63, 3.8) is 0 Å². The quantitative estimate of drug-likeness (QED) is 0.695. The first-order valence-electron chi connectivity index (χ1n) is 10.7. The van der Waals surface area contributed by atoms with Crippen LogP contribution in [0.2, 0.25) is 0 Å². The lowest BCUT2D eigenvalue weighted by molar-refractivity contribution is -0.132. The number of nitrogens with one attached hydrogen (secondary N) is 1. The van der Waals surface area contributed by atoms with Crippen LogP contribution in [0, 0.1) is 17.2 Å². The molecule has 168 valence electrons. The molecule has 0 saturated carbocycles. The first-order chi connectivity index (χ1) is 14.6. The number of amides is 1. The number of rotatable bonds is 7. The summed E-state index contributed by atoms with van der Waals surface area (Å²) in [5.41, 5.74) is 0.934. The molecule has 1 unspecified atom stereocenters. The maximum absolute atomic E-state index is 13.4. The Hall–Kier alpha value is -2.25. The normalized spacial score (nSPS) is 20.0. The van der Waals surface area contributed by atoms with Gasteiger partial charge in [-0.3, -0.25) is 4.79 Å². The van der Waals surface area contributed by atoms with Gasteiger partial charge in [0.05, 0.1) is 10.3 Å². The summed E-state index contributed by atoms with van der Waals surface area (Å²) in [5.74, 6) is -0.0765. The lowest BCUT2D eigenvalue weighted by Gasteiger charge is -2.38. The van der Waals surface area contributed by atoms with E-state index in [0.717, 1.165) is 12.0 Å². The van der Waals surface area contributed by atoms with E-state index in [0.29, 0.717) is 30.9 Å². The highest BCUT2D eigenvalue weighted by Gasteiger charge is 2.41. The molecule has 1 amide bonds. The molecule has 1 atom stereocenters. The van der Waals surface area contributed by atoms with Gasteiger partial charge in [-0.25, -0.2) is 12.8 Å². The topological polar surface area (TPSA) is 66.5 Å². The van der Waals surface area contributed by atoms with Gasteiger partial charge in [0.15, 0.2) is 0 Å². The van der Waals surface area contributed by atoms with Crippen molar-refractivity contribution in [1.82, 2.24) is 9.62 Å². The van der Waals surface area contributed by atoms with Crippen LogP contribution in [0.5, 0.6) is 0 Å². The van der Waals surface area contributed by atoms with Gasteiger partial charge in [0.1, 0.15) is 5.82 Å². The predicted octanol–water partition coefficient (Wildman–Crippen LogP) is 4.13. The van der Waals surface area contributed by atoms with Crippen LogP contribution in [0.1, 0.15) is 44.7 Å². The number of hydrogen-bond acceptors (Lipinski definition) is 3. The molecule has 1 heterocycles. The minimum Gasteiger partial charge on any atom is -0.352 e. The average Bonchev–Trinajstić information content (AvgIpc) is 2.72. The summed E-state index contributed by atoms with van der Waals surface area (Å²) < 4.78 is 41.2. The molecular formula is C24H31FN2O3S. The van der Waals surface area contributed by atoms with E-state index in [1.54, 1.807) is 31.2 Å². The number of benzene rings is 2. The van der Waals surface area contributed by atoms with E-state index in [-0.39, 0.29) is 29.7 Å². The second-order valence-electron chi connectivity index (χ2n) is 9.06. The molecule has 1 saturated heterocycles. The number of carbonyl (C=O) groups is 1. The Balaban J connectivity index is 1.69. The van der Waals surface area contributed by atoms with Crippen LogP contribution in [-0.2, 0) is 27.8 Å². The Morgan fingerprint density at radius 2 is 1.87 bits per heavy atom. The van der Waals surface area contributed by atoms with Crippen molar-refractivity contribution in [2.75, 3.05) is 13.1 Å². The summed E-state index contributed by atoms with van der Waals surface area (Å²) in [6, 6.07) is 13.1. The Morgan fingerprint density at radius 1 is 1.16 bits per heavy atom. The highest BCUT2D eigenvalue weighted by atomic mass is 32.2. The standard InChI is InChI=1S/C24H31FN2O3S/c1-18(2)14-19-8-10-22(11-9-19)31(29,30)27-13-5-12-24(3,17-27)23(28)26-16-20-6-4-7-21(25)15-20/h4,6-11,15,18H,5,12-14,16-17H2,1-3H3,(H,26,28). The fourth-order valence-electron chi connectivity index (χ4n) is 4.04. The summed E-state index contributed by atoms with van der Waals surface area (Å²) in [5, 5.41) is 2.85. The third-order valence-electron chi connectivity index (χ3n) is 5.76. The number of carbonyl (C=O) groups excluding carboxylic acids is 1. The van der Waals surface area contributed by atoms with Gasteiger partial charge in [-0.05, 0) is 67.5 Å². The van der Waals surface area contributed by atoms with E-state index in [9.17, 15) is 17.6 Å². The number of hydrogen-bond donors (Lipinski definition) is 1. The number of sulfonamides is 1. The minimum atomic E-state index is -3.68. The smallest absolute Gasteiger partial charge is 0.243 e. The third-order valence-corrected chi connectivity index (χ3v) is 7.62. The van der Waals surface area contributed by atoms with E-state index >= 15 is 0 Å². The van der Waals surface area contributed by atoms with Crippen LogP contribution in [0.25, 0.3) is 0 Å². The van der Waals surface area contributed by atoms with Gasteiger partial charge in [-0.2, -0.15) is 4.31 Å². The average molecular weight is 447 g/mol. The van der Waals surface area contributed by atoms with Gasteiger partial charge in [0, 0.05) is 19.6 Å². The zero-order valence-corrected chi connectivity index (χ0v) is 19.2. The molecule has 3 rings (SSSR count). The molecule has 0 bridgehead atoms. The van der Waals surface area contributed by atoms with Crippen LogP contribution in [-0.4, -0.2) is 31.7 Å². The van der Waals surface area contributed by atoms with Crippen molar-refractivity contribution in [3.05, 3.63) is 65.5 Å². The van der Waals surface area contributed by atoms with Gasteiger partial charge < -0.3 is 5.32 Å². The van der Waals surface area contributed by atoms with Crippen molar-refractivity contribution in [3.8, 4) is 0 Å². The van der Waals surface area contributed by atoms with Gasteiger partial charge in [0.25, 0.3) is 0 Å². The van der Waals surface area contributed by atoms with Crippen LogP contribution >= 0.6 is 0 Å². The van der Waals surface area contributed by atoms with Gasteiger partial charge >= 0.3 is 0 Å². The van der Waals surface area contributed by atoms with Crippen molar-refractivity contribution >= 4 is 15.9 Å². The minimum absolute atomic E-state index is 0.123. The molecule has 5 nitrogen and oxygen atoms in total. The van der Waals surface area contributed by atoms with Gasteiger partial charge in [-0.1, -0.05) is 38.1 Å². The molecule has 1 fully saturated rings. The number of piperidine rings is 1. The lowest BCUT2D eigenvalue weighted by Crippen LogP contribution is -2.51. The zero-order chi connectivity index (χ0) is 22.6. The predicted molar refractivity (Wildman–Crippen MR) is 119 cm³/mol. The Kier molecular flexibility index (Phi) is 7.17. The molecule has 0 aliphatic carbocycles. The molecule has 1 aliphatic heterocycles. The van der Waals surface area contributed by atoms with Crippen molar-refractivity contribution < 1.29 is 17.6 Å². The second-order valence-corrected chi connectivity index (χ2v) is 11.0. The molecule has 2 aromatic rings. The second kappa shape index (κ2) is 9.49. The molecule has 1 aliphatic rings. The fraction of sp³-hybridized carbons (Fsp3) is 0.458. The van der Waals surface area contributed by atoms with Crippen molar-refractivity contribution in [2.24, 2.45) is 11.3 Å². The number of halogens is 1. The summed E-state index contributed by atoms with van der Waals surface area (Å²) in [7, 11) is -3.68. The van der Waals surface area contributed by atoms with Crippen LogP contribution < -0.4 is 5.32 Å². The van der Waals surface area contributed by atoms with Gasteiger partial charge in [-0.15, -0.1) is 0 Å². The highest BCUT2D eigenvalue weighted by molar-refractivity contribution is 7.89. The Morgan fingerprint density at radius 3 is 2.52 bits per heavy atom. The summed E-state index contributed by atoms with van der Waals surface area (Å²) in [6.07, 6.45) is 2.10. The first kappa shape index (κ1) is 23.4. The molecular weight excluding hydrogens is 415 g/mol. The molecule has 0 aromatic heterocycles. The summed E-state index contributed by atoms with van der Waals surface area (Å²) in [6.45, 7) is 6.76. The van der Waals surface area contributed by atoms with Crippen molar-refractivity contribution in [1.29, 1.82) is 0 Å². The van der Waals surface area contributed by atoms with Gasteiger partial charge in [0.2, 0.25) is 15.9 Å². The van der Waals surface area contributed by atoms with E-state index in [2.05, 4.69) is 19.2 Å². The summed E-state index contributed by atoms with van der Waals surface area (Å²) in [4.78, 5) is 13.2. The van der Waals surface area contributed by atoms with Crippen LogP contribution in [0.4, 0.5) is 4.39 Å². The Bertz CT molecular complexity index is 1020. The van der Waals surface area contributed by atoms with E-state index < -0.39 is 15.4 Å². The molecule has 31 heavy (non-hydrogen) atoms. The molecule has 2 aromatic carbocycles. The van der Waals surface area contributed by atoms with Crippen LogP contribution in [0.15, 0.2) is 53.4 Å². The van der Waals surface area contributed by atoms with Crippen LogP contribution in [0.3, 0.4) is 0 Å². The maximum Gasteiger partial charge on any atom is 0.243 e. The fourth-order valence-corrected chi connectivity index (χ4v) is 5.65. The summed E-state index contributed by atoms with van der Waals surface area (Å²) >= 11 is 0. The highest BCUT2D eigenvalue weighted by Crippen LogP contribution is 2.33. The molecule has 1 N–H and O–H groups in total. The van der Waals surface area contributed by atoms with E-state index in [4.69, 9.17) is 0 Å². The third kappa shape index (κ3) is 5.71. The maximum atomic E-state index is 13.4.